The molecule has 1 N–H and O–H groups in total. The number of carbonyl (C=O) groups is 1. The van der Waals surface area contributed by atoms with Gasteiger partial charge in [-0.2, -0.15) is 15.3 Å². The van der Waals surface area contributed by atoms with Crippen molar-refractivity contribution in [3.05, 3.63) is 80.7 Å². The molecule has 0 bridgehead atoms. The van der Waals surface area contributed by atoms with Gasteiger partial charge < -0.3 is 5.32 Å². The molecule has 11 heteroatoms. The molecular weight excluding hydrogens is 489 g/mol. The van der Waals surface area contributed by atoms with E-state index in [0.29, 0.717) is 27.5 Å². The molecule has 4 rings (SSSR count). The molecule has 160 valence electrons. The molecule has 0 unspecified atom stereocenters. The summed E-state index contributed by atoms with van der Waals surface area (Å²) in [7, 11) is 0. The number of aromatic nitrogens is 6. The van der Waals surface area contributed by atoms with Gasteiger partial charge in [0.15, 0.2) is 11.5 Å². The monoisotopic (exact) mass is 505 g/mol. The van der Waals surface area contributed by atoms with E-state index < -0.39 is 11.7 Å². The van der Waals surface area contributed by atoms with Gasteiger partial charge in [-0.05, 0) is 54.0 Å². The van der Waals surface area contributed by atoms with Gasteiger partial charge in [0.1, 0.15) is 12.5 Å². The maximum Gasteiger partial charge on any atom is 0.277 e. The van der Waals surface area contributed by atoms with E-state index in [-0.39, 0.29) is 12.2 Å². The summed E-state index contributed by atoms with van der Waals surface area (Å²) in [5.74, 6) is -0.537. The topological polar surface area (TPSA) is 82.6 Å². The lowest BCUT2D eigenvalue weighted by Gasteiger charge is -2.06. The van der Waals surface area contributed by atoms with Crippen LogP contribution in [0, 0.1) is 19.7 Å². The van der Waals surface area contributed by atoms with Crippen LogP contribution in [0.3, 0.4) is 0 Å². The number of amides is 1. The summed E-state index contributed by atoms with van der Waals surface area (Å²) >= 11 is 9.45. The minimum Gasteiger partial charge on any atom is -0.303 e. The number of rotatable bonds is 6. The van der Waals surface area contributed by atoms with E-state index >= 15 is 0 Å². The van der Waals surface area contributed by atoms with E-state index in [0.717, 1.165) is 11.4 Å². The fraction of sp³-hybridized carbons (Fsp3) is 0.200. The van der Waals surface area contributed by atoms with Gasteiger partial charge in [0.2, 0.25) is 0 Å². The van der Waals surface area contributed by atoms with Crippen LogP contribution >= 0.6 is 27.5 Å². The average molecular weight is 507 g/mol. The van der Waals surface area contributed by atoms with Crippen molar-refractivity contribution < 1.29 is 9.18 Å². The first-order valence-electron chi connectivity index (χ1n) is 9.32. The second-order valence-corrected chi connectivity index (χ2v) is 8.25. The molecule has 0 atom stereocenters. The minimum atomic E-state index is -0.419. The van der Waals surface area contributed by atoms with Crippen LogP contribution < -0.4 is 5.32 Å². The molecule has 0 aliphatic heterocycles. The number of aryl methyl sites for hydroxylation is 2. The molecule has 0 spiro atoms. The lowest BCUT2D eigenvalue weighted by molar-refractivity contribution is 0.102. The first-order valence-corrected chi connectivity index (χ1v) is 10.5. The minimum absolute atomic E-state index is 0.122. The molecule has 0 saturated heterocycles. The molecule has 3 aromatic heterocycles. The Morgan fingerprint density at radius 2 is 2.00 bits per heavy atom. The third kappa shape index (κ3) is 4.70. The molecule has 1 aromatic carbocycles. The van der Waals surface area contributed by atoms with Crippen LogP contribution in [0.25, 0.3) is 0 Å². The molecule has 0 aliphatic carbocycles. The standard InChI is InChI=1S/C20H18BrClFN7O/c1-12-8-13(2)30(25-12)11-28-7-6-18(26-28)20(31)24-19-15(21)10-29(27-19)9-14-16(22)4-3-5-17(14)23/h3-8,10H,9,11H2,1-2H3,(H,24,27,31). The number of hydrogen-bond acceptors (Lipinski definition) is 4. The van der Waals surface area contributed by atoms with Gasteiger partial charge in [0, 0.05) is 28.7 Å². The molecular formula is C20H18BrClFN7O. The number of hydrogen-bond donors (Lipinski definition) is 1. The van der Waals surface area contributed by atoms with Crippen molar-refractivity contribution in [3.63, 3.8) is 0 Å². The van der Waals surface area contributed by atoms with Crippen molar-refractivity contribution in [2.75, 3.05) is 5.32 Å². The Morgan fingerprint density at radius 3 is 2.71 bits per heavy atom. The Hall–Kier alpha value is -2.98. The van der Waals surface area contributed by atoms with Gasteiger partial charge in [0.05, 0.1) is 16.7 Å². The lowest BCUT2D eigenvalue weighted by atomic mass is 10.2. The average Bonchev–Trinajstić information content (AvgIpc) is 3.39. The fourth-order valence-electron chi connectivity index (χ4n) is 3.10. The maximum atomic E-state index is 14.0. The quantitative estimate of drug-likeness (QED) is 0.424. The molecule has 0 radical (unpaired) electrons. The van der Waals surface area contributed by atoms with Crippen molar-refractivity contribution in [2.24, 2.45) is 0 Å². The van der Waals surface area contributed by atoms with Crippen molar-refractivity contribution in [3.8, 4) is 0 Å². The molecule has 0 aliphatic rings. The first kappa shape index (κ1) is 21.3. The second-order valence-electron chi connectivity index (χ2n) is 6.99. The van der Waals surface area contributed by atoms with E-state index in [1.54, 1.807) is 40.0 Å². The highest BCUT2D eigenvalue weighted by molar-refractivity contribution is 9.10. The second kappa shape index (κ2) is 8.64. The van der Waals surface area contributed by atoms with Crippen LogP contribution in [0.5, 0.6) is 0 Å². The van der Waals surface area contributed by atoms with E-state index in [4.69, 9.17) is 11.6 Å². The maximum absolute atomic E-state index is 14.0. The van der Waals surface area contributed by atoms with Crippen LogP contribution in [0.1, 0.15) is 27.4 Å². The lowest BCUT2D eigenvalue weighted by Crippen LogP contribution is -2.16. The summed E-state index contributed by atoms with van der Waals surface area (Å²) in [5, 5.41) is 16.0. The Balaban J connectivity index is 1.46. The highest BCUT2D eigenvalue weighted by Gasteiger charge is 2.16. The van der Waals surface area contributed by atoms with Crippen LogP contribution in [0.2, 0.25) is 5.02 Å². The fourth-order valence-corrected chi connectivity index (χ4v) is 3.73. The molecule has 0 saturated carbocycles. The molecule has 1 amide bonds. The van der Waals surface area contributed by atoms with Gasteiger partial charge in [0.25, 0.3) is 5.91 Å². The van der Waals surface area contributed by atoms with E-state index in [1.807, 2.05) is 19.9 Å². The van der Waals surface area contributed by atoms with E-state index in [2.05, 4.69) is 36.5 Å². The van der Waals surface area contributed by atoms with Crippen molar-refractivity contribution in [2.45, 2.75) is 27.1 Å². The summed E-state index contributed by atoms with van der Waals surface area (Å²) in [6.07, 6.45) is 3.35. The molecule has 4 aromatic rings. The van der Waals surface area contributed by atoms with E-state index in [9.17, 15) is 9.18 Å². The van der Waals surface area contributed by atoms with Crippen molar-refractivity contribution in [1.82, 2.24) is 29.3 Å². The Labute approximate surface area is 190 Å². The summed E-state index contributed by atoms with van der Waals surface area (Å²) in [6.45, 7) is 4.40. The number of nitrogens with one attached hydrogen (secondary N) is 1. The van der Waals surface area contributed by atoms with Gasteiger partial charge in [-0.25, -0.2) is 9.07 Å². The number of halogens is 3. The van der Waals surface area contributed by atoms with Gasteiger partial charge in [-0.3, -0.25) is 14.2 Å². The van der Waals surface area contributed by atoms with Crippen LogP contribution in [-0.4, -0.2) is 35.2 Å². The van der Waals surface area contributed by atoms with Crippen molar-refractivity contribution >= 4 is 39.3 Å². The van der Waals surface area contributed by atoms with Crippen LogP contribution in [-0.2, 0) is 13.2 Å². The summed E-state index contributed by atoms with van der Waals surface area (Å²) < 4.78 is 19.5. The van der Waals surface area contributed by atoms with Gasteiger partial charge >= 0.3 is 0 Å². The highest BCUT2D eigenvalue weighted by atomic mass is 79.9. The molecule has 31 heavy (non-hydrogen) atoms. The number of anilines is 1. The smallest absolute Gasteiger partial charge is 0.277 e. The molecule has 3 heterocycles. The Kier molecular flexibility index (Phi) is 5.92. The Bertz CT molecular complexity index is 1240. The largest absolute Gasteiger partial charge is 0.303 e. The zero-order valence-electron chi connectivity index (χ0n) is 16.7. The van der Waals surface area contributed by atoms with Gasteiger partial charge in [-0.1, -0.05) is 17.7 Å². The first-order chi connectivity index (χ1) is 14.8. The Morgan fingerprint density at radius 1 is 1.19 bits per heavy atom. The third-order valence-electron chi connectivity index (χ3n) is 4.59. The van der Waals surface area contributed by atoms with E-state index in [1.165, 1.54) is 10.7 Å². The highest BCUT2D eigenvalue weighted by Crippen LogP contribution is 2.24. The zero-order chi connectivity index (χ0) is 22.1. The number of carbonyl (C=O) groups excluding carboxylic acids is 1. The summed E-state index contributed by atoms with van der Waals surface area (Å²) in [6, 6.07) is 8.08. The molecule has 0 fully saturated rings. The normalized spacial score (nSPS) is 11.1. The summed E-state index contributed by atoms with van der Waals surface area (Å²) in [4.78, 5) is 12.6. The van der Waals surface area contributed by atoms with Crippen LogP contribution in [0.15, 0.2) is 47.2 Å². The van der Waals surface area contributed by atoms with Crippen LogP contribution in [0.4, 0.5) is 10.2 Å². The van der Waals surface area contributed by atoms with Gasteiger partial charge in [-0.15, -0.1) is 0 Å². The molecule has 8 nitrogen and oxygen atoms in total. The SMILES string of the molecule is Cc1cc(C)n(Cn2ccc(C(=O)Nc3nn(Cc4c(F)cccc4Cl)cc3Br)n2)n1. The predicted molar refractivity (Wildman–Crippen MR) is 118 cm³/mol. The number of nitrogens with zero attached hydrogens (tertiary/aromatic N) is 6. The van der Waals surface area contributed by atoms with Crippen molar-refractivity contribution in [1.29, 1.82) is 0 Å². The number of benzene rings is 1. The predicted octanol–water partition coefficient (Wildman–Crippen LogP) is 4.25. The third-order valence-corrected chi connectivity index (χ3v) is 5.52. The zero-order valence-corrected chi connectivity index (χ0v) is 19.0. The summed E-state index contributed by atoms with van der Waals surface area (Å²) in [5.41, 5.74) is 2.48.